The zero-order valence-corrected chi connectivity index (χ0v) is 20.2. The van der Waals surface area contributed by atoms with Crippen LogP contribution in [0.5, 0.6) is 0 Å². The molecule has 9 heteroatoms. The fourth-order valence-corrected chi connectivity index (χ4v) is 4.46. The number of primary amides is 1. The number of ether oxygens (including phenoxy) is 1. The number of rotatable bonds is 7. The summed E-state index contributed by atoms with van der Waals surface area (Å²) in [6.07, 6.45) is -0.467. The molecule has 0 radical (unpaired) electrons. The van der Waals surface area contributed by atoms with Crippen molar-refractivity contribution in [1.82, 2.24) is 10.3 Å². The molecule has 1 aliphatic carbocycles. The molecule has 2 atom stereocenters. The Hall–Kier alpha value is -3.10. The van der Waals surface area contributed by atoms with E-state index >= 15 is 0 Å². The first-order valence-electron chi connectivity index (χ1n) is 11.7. The summed E-state index contributed by atoms with van der Waals surface area (Å²) in [7, 11) is 0. The molecule has 3 rings (SSSR count). The Balaban J connectivity index is 1.78. The predicted octanol–water partition coefficient (Wildman–Crippen LogP) is 6.00. The number of amides is 2. The Labute approximate surface area is 203 Å². The van der Waals surface area contributed by atoms with Crippen LogP contribution in [0.15, 0.2) is 36.5 Å². The number of pyridine rings is 1. The van der Waals surface area contributed by atoms with Gasteiger partial charge in [0.05, 0.1) is 23.6 Å². The highest BCUT2D eigenvalue weighted by Gasteiger charge is 2.39. The standard InChI is InChI=1S/C26H32F3N3O3/c1-25(2,3)14-20(11-12-35-24(30)34)32-23(33)18-13-17-5-4-6-21(22(17)31-15-18)16-7-9-19(10-8-16)26(27,28)29/h4-7,13,15,19-20H,8-12,14H2,1-3H3,(H2,30,34)(H,32,33)/t19?,20-/m0/s1. The van der Waals surface area contributed by atoms with Crippen LogP contribution in [0.3, 0.4) is 0 Å². The Morgan fingerprint density at radius 3 is 2.60 bits per heavy atom. The van der Waals surface area contributed by atoms with Crippen LogP contribution in [-0.2, 0) is 4.74 Å². The molecule has 6 nitrogen and oxygen atoms in total. The summed E-state index contributed by atoms with van der Waals surface area (Å²) in [6, 6.07) is 7.00. The quantitative estimate of drug-likeness (QED) is 0.497. The number of nitrogens with one attached hydrogen (secondary N) is 1. The highest BCUT2D eigenvalue weighted by atomic mass is 19.4. The maximum atomic E-state index is 13.0. The molecule has 0 bridgehead atoms. The van der Waals surface area contributed by atoms with Crippen LogP contribution in [0.2, 0.25) is 0 Å². The maximum Gasteiger partial charge on any atom is 0.404 e. The van der Waals surface area contributed by atoms with Gasteiger partial charge in [-0.25, -0.2) is 4.79 Å². The van der Waals surface area contributed by atoms with Crippen LogP contribution in [0, 0.1) is 11.3 Å². The summed E-state index contributed by atoms with van der Waals surface area (Å²) in [5.41, 5.74) is 7.63. The first-order chi connectivity index (χ1) is 16.3. The normalized spacial score (nSPS) is 17.5. The molecule has 0 saturated carbocycles. The van der Waals surface area contributed by atoms with Crippen molar-refractivity contribution in [2.75, 3.05) is 6.61 Å². The highest BCUT2D eigenvalue weighted by molar-refractivity contribution is 5.99. The summed E-state index contributed by atoms with van der Waals surface area (Å²) in [6.45, 7) is 6.26. The fraction of sp³-hybridized carbons (Fsp3) is 0.500. The predicted molar refractivity (Wildman–Crippen MR) is 129 cm³/mol. The summed E-state index contributed by atoms with van der Waals surface area (Å²) < 4.78 is 43.9. The number of fused-ring (bicyclic) bond motifs is 1. The number of carbonyl (C=O) groups is 2. The Kier molecular flexibility index (Phi) is 8.07. The van der Waals surface area contributed by atoms with Crippen LogP contribution in [0.1, 0.15) is 68.8 Å². The van der Waals surface area contributed by atoms with Gasteiger partial charge in [0.1, 0.15) is 0 Å². The van der Waals surface area contributed by atoms with E-state index in [-0.39, 0.29) is 36.8 Å². The number of nitrogens with zero attached hydrogens (tertiary/aromatic N) is 1. The molecule has 0 saturated heterocycles. The van der Waals surface area contributed by atoms with Crippen molar-refractivity contribution in [3.63, 3.8) is 0 Å². The number of nitrogens with two attached hydrogens (primary N) is 1. The molecule has 1 aromatic heterocycles. The van der Waals surface area contributed by atoms with Crippen molar-refractivity contribution in [3.05, 3.63) is 47.7 Å². The minimum atomic E-state index is -4.18. The molecular formula is C26H32F3N3O3. The zero-order valence-electron chi connectivity index (χ0n) is 20.2. The Bertz CT molecular complexity index is 1110. The van der Waals surface area contributed by atoms with Gasteiger partial charge in [-0.05, 0) is 42.7 Å². The molecule has 1 aromatic carbocycles. The minimum Gasteiger partial charge on any atom is -0.450 e. The molecular weight excluding hydrogens is 459 g/mol. The average molecular weight is 492 g/mol. The lowest BCUT2D eigenvalue weighted by molar-refractivity contribution is -0.175. The monoisotopic (exact) mass is 491 g/mol. The van der Waals surface area contributed by atoms with E-state index in [0.29, 0.717) is 30.3 Å². The number of allylic oxidation sites excluding steroid dienone is 2. The third kappa shape index (κ3) is 7.44. The van der Waals surface area contributed by atoms with Crippen LogP contribution in [0.25, 0.3) is 16.5 Å². The van der Waals surface area contributed by atoms with Gasteiger partial charge < -0.3 is 15.8 Å². The van der Waals surface area contributed by atoms with Crippen molar-refractivity contribution < 1.29 is 27.5 Å². The molecule has 0 aliphatic heterocycles. The SMILES string of the molecule is CC(C)(C)C[C@H](CCOC(N)=O)NC(=O)c1cnc2c(C3=CCC(C(F)(F)F)CC3)cccc2c1. The molecule has 2 amide bonds. The van der Waals surface area contributed by atoms with Gasteiger partial charge in [-0.2, -0.15) is 13.2 Å². The Morgan fingerprint density at radius 1 is 1.26 bits per heavy atom. The van der Waals surface area contributed by atoms with E-state index in [1.807, 2.05) is 18.2 Å². The summed E-state index contributed by atoms with van der Waals surface area (Å²) >= 11 is 0. The highest BCUT2D eigenvalue weighted by Crippen LogP contribution is 2.40. The van der Waals surface area contributed by atoms with Crippen molar-refractivity contribution in [1.29, 1.82) is 0 Å². The van der Waals surface area contributed by atoms with Gasteiger partial charge in [0.15, 0.2) is 0 Å². The van der Waals surface area contributed by atoms with E-state index in [0.717, 1.165) is 16.5 Å². The molecule has 35 heavy (non-hydrogen) atoms. The Morgan fingerprint density at radius 2 is 2.00 bits per heavy atom. The topological polar surface area (TPSA) is 94.3 Å². The second kappa shape index (κ2) is 10.7. The van der Waals surface area contributed by atoms with Crippen molar-refractivity contribution in [3.8, 4) is 0 Å². The largest absolute Gasteiger partial charge is 0.450 e. The van der Waals surface area contributed by atoms with E-state index in [1.165, 1.54) is 6.20 Å². The van der Waals surface area contributed by atoms with Gasteiger partial charge in [-0.3, -0.25) is 9.78 Å². The third-order valence-corrected chi connectivity index (χ3v) is 6.10. The van der Waals surface area contributed by atoms with E-state index in [2.05, 4.69) is 31.1 Å². The number of benzene rings is 1. The fourth-order valence-electron chi connectivity index (χ4n) is 4.46. The summed E-state index contributed by atoms with van der Waals surface area (Å²) in [5.74, 6) is -1.61. The summed E-state index contributed by atoms with van der Waals surface area (Å²) in [4.78, 5) is 28.4. The van der Waals surface area contributed by atoms with E-state index in [1.54, 1.807) is 12.1 Å². The molecule has 1 unspecified atom stereocenters. The van der Waals surface area contributed by atoms with E-state index < -0.39 is 18.2 Å². The second-order valence-corrected chi connectivity index (χ2v) is 10.2. The van der Waals surface area contributed by atoms with Gasteiger partial charge in [-0.15, -0.1) is 0 Å². The van der Waals surface area contributed by atoms with Gasteiger partial charge in [0.2, 0.25) is 0 Å². The number of para-hydroxylation sites is 1. The molecule has 2 aromatic rings. The number of hydrogen-bond acceptors (Lipinski definition) is 4. The van der Waals surface area contributed by atoms with E-state index in [9.17, 15) is 22.8 Å². The van der Waals surface area contributed by atoms with Gasteiger partial charge in [-0.1, -0.05) is 45.0 Å². The van der Waals surface area contributed by atoms with Crippen molar-refractivity contribution in [2.24, 2.45) is 17.1 Å². The second-order valence-electron chi connectivity index (χ2n) is 10.2. The van der Waals surface area contributed by atoms with Gasteiger partial charge in [0.25, 0.3) is 5.91 Å². The lowest BCUT2D eigenvalue weighted by atomic mass is 9.85. The van der Waals surface area contributed by atoms with Crippen LogP contribution < -0.4 is 11.1 Å². The third-order valence-electron chi connectivity index (χ3n) is 6.10. The minimum absolute atomic E-state index is 0.0374. The van der Waals surface area contributed by atoms with Crippen molar-refractivity contribution in [2.45, 2.75) is 65.1 Å². The molecule has 0 spiro atoms. The number of halogens is 3. The first kappa shape index (κ1) is 26.5. The van der Waals surface area contributed by atoms with Crippen LogP contribution >= 0.6 is 0 Å². The van der Waals surface area contributed by atoms with Crippen LogP contribution in [-0.4, -0.2) is 35.8 Å². The maximum absolute atomic E-state index is 13.0. The zero-order chi connectivity index (χ0) is 25.8. The smallest absolute Gasteiger partial charge is 0.404 e. The lowest BCUT2D eigenvalue weighted by Crippen LogP contribution is -2.38. The lowest BCUT2D eigenvalue weighted by Gasteiger charge is -2.27. The van der Waals surface area contributed by atoms with Gasteiger partial charge in [0, 0.05) is 29.6 Å². The number of carbonyl (C=O) groups excluding carboxylic acids is 2. The van der Waals surface area contributed by atoms with Crippen LogP contribution in [0.4, 0.5) is 18.0 Å². The number of hydrogen-bond donors (Lipinski definition) is 2. The van der Waals surface area contributed by atoms with Gasteiger partial charge >= 0.3 is 12.3 Å². The number of alkyl halides is 3. The first-order valence-corrected chi connectivity index (χ1v) is 11.7. The number of aromatic nitrogens is 1. The average Bonchev–Trinajstić information content (AvgIpc) is 2.76. The van der Waals surface area contributed by atoms with Crippen molar-refractivity contribution >= 4 is 28.5 Å². The molecule has 1 aliphatic rings. The molecule has 3 N–H and O–H groups in total. The molecule has 1 heterocycles. The van der Waals surface area contributed by atoms with E-state index in [4.69, 9.17) is 10.5 Å². The molecule has 190 valence electrons. The molecule has 0 fully saturated rings. The summed E-state index contributed by atoms with van der Waals surface area (Å²) in [5, 5.41) is 3.73.